The zero-order valence-corrected chi connectivity index (χ0v) is 16.5. The van der Waals surface area contributed by atoms with Gasteiger partial charge in [0.1, 0.15) is 5.75 Å². The van der Waals surface area contributed by atoms with Crippen molar-refractivity contribution in [3.05, 3.63) is 52.0 Å². The van der Waals surface area contributed by atoms with Crippen LogP contribution >= 0.6 is 15.9 Å². The predicted molar refractivity (Wildman–Crippen MR) is 104 cm³/mol. The van der Waals surface area contributed by atoms with E-state index in [1.54, 1.807) is 20.4 Å². The fourth-order valence-electron chi connectivity index (χ4n) is 2.26. The smallest absolute Gasteiger partial charge is 0.175 e. The first-order valence-corrected chi connectivity index (χ1v) is 8.76. The Balaban J connectivity index is 2.07. The third-order valence-corrected chi connectivity index (χ3v) is 3.96. The van der Waals surface area contributed by atoms with E-state index < -0.39 is 0 Å². The van der Waals surface area contributed by atoms with E-state index in [9.17, 15) is 0 Å². The number of para-hydroxylation sites is 1. The maximum Gasteiger partial charge on any atom is 0.175 e. The zero-order chi connectivity index (χ0) is 18.2. The fourth-order valence-corrected chi connectivity index (χ4v) is 2.82. The van der Waals surface area contributed by atoms with Gasteiger partial charge in [0.15, 0.2) is 11.5 Å². The molecule has 2 aromatic carbocycles. The molecule has 0 fully saturated rings. The second kappa shape index (κ2) is 9.32. The second-order valence-electron chi connectivity index (χ2n) is 5.61. The molecule has 0 spiro atoms. The van der Waals surface area contributed by atoms with Crippen LogP contribution in [0.15, 0.2) is 46.0 Å². The molecule has 2 rings (SSSR count). The number of rotatable bonds is 8. The minimum atomic E-state index is 0.0623. The number of methoxy groups -OCH3 is 2. The minimum absolute atomic E-state index is 0.0623. The second-order valence-corrected chi connectivity index (χ2v) is 6.46. The van der Waals surface area contributed by atoms with Crippen LogP contribution in [0.2, 0.25) is 0 Å². The summed E-state index contributed by atoms with van der Waals surface area (Å²) in [7, 11) is 3.28. The molecule has 0 aliphatic heterocycles. The summed E-state index contributed by atoms with van der Waals surface area (Å²) in [6.45, 7) is 4.53. The Hall–Kier alpha value is -2.21. The maximum atomic E-state index is 5.79. The summed E-state index contributed by atoms with van der Waals surface area (Å²) in [5.74, 6) is 2.19. The van der Waals surface area contributed by atoms with E-state index in [1.165, 1.54) is 0 Å². The number of hydrogen-bond donors (Lipinski definition) is 1. The predicted octanol–water partition coefficient (Wildman–Crippen LogP) is 4.38. The number of nitrogens with zero attached hydrogens (tertiary/aromatic N) is 1. The van der Waals surface area contributed by atoms with E-state index in [0.29, 0.717) is 18.0 Å². The van der Waals surface area contributed by atoms with E-state index in [2.05, 4.69) is 26.5 Å². The quantitative estimate of drug-likeness (QED) is 0.521. The monoisotopic (exact) mass is 406 g/mol. The average molecular weight is 407 g/mol. The summed E-state index contributed by atoms with van der Waals surface area (Å²) < 4.78 is 17.4. The highest BCUT2D eigenvalue weighted by Gasteiger charge is 2.12. The molecule has 0 atom stereocenters. The van der Waals surface area contributed by atoms with Crippen LogP contribution in [0.1, 0.15) is 25.0 Å². The first-order chi connectivity index (χ1) is 12.0. The SMILES string of the molecule is COc1ccccc1CN/N=C/c1cc(Br)c(OC(C)C)c(OC)c1. The molecule has 0 radical (unpaired) electrons. The Morgan fingerprint density at radius 1 is 1.12 bits per heavy atom. The van der Waals surface area contributed by atoms with Gasteiger partial charge in [-0.15, -0.1) is 0 Å². The number of ether oxygens (including phenoxy) is 3. The largest absolute Gasteiger partial charge is 0.496 e. The molecule has 5 nitrogen and oxygen atoms in total. The molecule has 0 aromatic heterocycles. The van der Waals surface area contributed by atoms with Crippen LogP contribution in [0, 0.1) is 0 Å². The number of hydrogen-bond acceptors (Lipinski definition) is 5. The van der Waals surface area contributed by atoms with Gasteiger partial charge in [-0.05, 0) is 53.5 Å². The van der Waals surface area contributed by atoms with Gasteiger partial charge in [-0.3, -0.25) is 0 Å². The lowest BCUT2D eigenvalue weighted by molar-refractivity contribution is 0.228. The summed E-state index contributed by atoms with van der Waals surface area (Å²) in [6, 6.07) is 11.7. The van der Waals surface area contributed by atoms with Gasteiger partial charge in [0.25, 0.3) is 0 Å². The van der Waals surface area contributed by atoms with E-state index in [4.69, 9.17) is 14.2 Å². The van der Waals surface area contributed by atoms with Crippen LogP contribution in [-0.2, 0) is 6.54 Å². The lowest BCUT2D eigenvalue weighted by Crippen LogP contribution is -2.08. The highest BCUT2D eigenvalue weighted by Crippen LogP contribution is 2.36. The Morgan fingerprint density at radius 2 is 1.84 bits per heavy atom. The van der Waals surface area contributed by atoms with Crippen molar-refractivity contribution in [1.29, 1.82) is 0 Å². The minimum Gasteiger partial charge on any atom is -0.496 e. The van der Waals surface area contributed by atoms with Gasteiger partial charge in [-0.1, -0.05) is 18.2 Å². The van der Waals surface area contributed by atoms with Crippen LogP contribution < -0.4 is 19.6 Å². The Bertz CT molecular complexity index is 733. The molecule has 0 saturated heterocycles. The van der Waals surface area contributed by atoms with Gasteiger partial charge in [0.05, 0.1) is 37.6 Å². The summed E-state index contributed by atoms with van der Waals surface area (Å²) in [4.78, 5) is 0. The molecule has 1 N–H and O–H groups in total. The standard InChI is InChI=1S/C19H23BrN2O3/c1-13(2)25-19-16(20)9-14(10-18(19)24-4)11-21-22-12-15-7-5-6-8-17(15)23-3/h5-11,13,22H,12H2,1-4H3/b21-11+. The molecule has 0 bridgehead atoms. The number of hydrazone groups is 1. The van der Waals surface area contributed by atoms with Crippen molar-refractivity contribution in [2.24, 2.45) is 5.10 Å². The van der Waals surface area contributed by atoms with Crippen molar-refractivity contribution in [3.63, 3.8) is 0 Å². The first kappa shape index (κ1) is 19.1. The van der Waals surface area contributed by atoms with Crippen LogP contribution in [0.3, 0.4) is 0 Å². The van der Waals surface area contributed by atoms with Crippen molar-refractivity contribution in [2.45, 2.75) is 26.5 Å². The molecule has 0 heterocycles. The lowest BCUT2D eigenvalue weighted by Gasteiger charge is -2.15. The highest BCUT2D eigenvalue weighted by atomic mass is 79.9. The molecule has 0 unspecified atom stereocenters. The molecule has 0 aliphatic carbocycles. The van der Waals surface area contributed by atoms with E-state index in [1.807, 2.05) is 50.2 Å². The topological polar surface area (TPSA) is 52.1 Å². The van der Waals surface area contributed by atoms with Crippen molar-refractivity contribution in [1.82, 2.24) is 5.43 Å². The third-order valence-electron chi connectivity index (χ3n) is 3.37. The van der Waals surface area contributed by atoms with Crippen LogP contribution in [-0.4, -0.2) is 26.5 Å². The molecule has 0 saturated carbocycles. The normalized spacial score (nSPS) is 11.0. The molecule has 2 aromatic rings. The van der Waals surface area contributed by atoms with E-state index >= 15 is 0 Å². The average Bonchev–Trinajstić information content (AvgIpc) is 2.60. The van der Waals surface area contributed by atoms with Crippen LogP contribution in [0.4, 0.5) is 0 Å². The Labute approximate surface area is 157 Å². The van der Waals surface area contributed by atoms with Crippen LogP contribution in [0.25, 0.3) is 0 Å². The van der Waals surface area contributed by atoms with Gasteiger partial charge in [-0.2, -0.15) is 5.10 Å². The first-order valence-electron chi connectivity index (χ1n) is 7.97. The summed E-state index contributed by atoms with van der Waals surface area (Å²) in [5, 5.41) is 4.27. The Morgan fingerprint density at radius 3 is 2.52 bits per heavy atom. The highest BCUT2D eigenvalue weighted by molar-refractivity contribution is 9.10. The molecule has 0 aliphatic rings. The molecule has 134 valence electrons. The molecule has 6 heteroatoms. The van der Waals surface area contributed by atoms with Crippen molar-refractivity contribution in [3.8, 4) is 17.2 Å². The summed E-state index contributed by atoms with van der Waals surface area (Å²) in [5.41, 5.74) is 4.97. The number of halogens is 1. The van der Waals surface area contributed by atoms with Crippen molar-refractivity contribution in [2.75, 3.05) is 14.2 Å². The van der Waals surface area contributed by atoms with Crippen LogP contribution in [0.5, 0.6) is 17.2 Å². The molecular formula is C19H23BrN2O3. The van der Waals surface area contributed by atoms with Crippen molar-refractivity contribution >= 4 is 22.1 Å². The molecule has 25 heavy (non-hydrogen) atoms. The third kappa shape index (κ3) is 5.39. The van der Waals surface area contributed by atoms with E-state index in [0.717, 1.165) is 21.3 Å². The molecular weight excluding hydrogens is 384 g/mol. The lowest BCUT2D eigenvalue weighted by atomic mass is 10.2. The maximum absolute atomic E-state index is 5.79. The van der Waals surface area contributed by atoms with Gasteiger partial charge < -0.3 is 19.6 Å². The summed E-state index contributed by atoms with van der Waals surface area (Å²) in [6.07, 6.45) is 1.80. The fraction of sp³-hybridized carbons (Fsp3) is 0.316. The van der Waals surface area contributed by atoms with Gasteiger partial charge in [0, 0.05) is 5.56 Å². The molecule has 0 amide bonds. The number of benzene rings is 2. The van der Waals surface area contributed by atoms with Gasteiger partial charge >= 0.3 is 0 Å². The zero-order valence-electron chi connectivity index (χ0n) is 14.9. The Kier molecular flexibility index (Phi) is 7.13. The van der Waals surface area contributed by atoms with Gasteiger partial charge in [-0.25, -0.2) is 0 Å². The van der Waals surface area contributed by atoms with Gasteiger partial charge in [0.2, 0.25) is 0 Å². The summed E-state index contributed by atoms with van der Waals surface area (Å²) >= 11 is 3.53. The van der Waals surface area contributed by atoms with Crippen molar-refractivity contribution < 1.29 is 14.2 Å². The number of nitrogens with one attached hydrogen (secondary N) is 1. The van der Waals surface area contributed by atoms with E-state index in [-0.39, 0.29) is 6.10 Å².